The van der Waals surface area contributed by atoms with E-state index in [0.29, 0.717) is 0 Å². The monoisotopic (exact) mass is 333 g/mol. The van der Waals surface area contributed by atoms with E-state index in [2.05, 4.69) is 39.6 Å². The molecule has 0 aromatic heterocycles. The van der Waals surface area contributed by atoms with Crippen LogP contribution in [-0.2, 0) is 9.53 Å². The molecule has 0 bridgehead atoms. The van der Waals surface area contributed by atoms with Gasteiger partial charge in [-0.1, -0.05) is 61.5 Å². The molecule has 0 atom stereocenters. The highest BCUT2D eigenvalue weighted by Crippen LogP contribution is 2.23. The lowest BCUT2D eigenvalue weighted by molar-refractivity contribution is -0.135. The minimum Gasteiger partial charge on any atom is -0.480 e. The van der Waals surface area contributed by atoms with Crippen LogP contribution in [0.5, 0.6) is 0 Å². The number of ether oxygens (including phenoxy) is 1. The summed E-state index contributed by atoms with van der Waals surface area (Å²) in [7, 11) is 0. The van der Waals surface area contributed by atoms with Crippen molar-refractivity contribution in [3.63, 3.8) is 0 Å². The number of aliphatic carboxylic acids is 1. The predicted molar refractivity (Wildman–Crippen MR) is 98.8 cm³/mol. The van der Waals surface area contributed by atoms with Crippen molar-refractivity contribution in [2.24, 2.45) is 5.92 Å². The third-order valence-corrected chi connectivity index (χ3v) is 1.47. The van der Waals surface area contributed by atoms with E-state index >= 15 is 0 Å². The molecule has 0 saturated heterocycles. The molecule has 1 aliphatic carbocycles. The van der Waals surface area contributed by atoms with E-state index < -0.39 is 12.1 Å². The van der Waals surface area contributed by atoms with Gasteiger partial charge in [0, 0.05) is 0 Å². The summed E-state index contributed by atoms with van der Waals surface area (Å²) in [4.78, 5) is 20.5. The van der Waals surface area contributed by atoms with Crippen molar-refractivity contribution >= 4 is 12.1 Å². The SMILES string of the molecule is C=CCC.CC.CC.CC(C)C.O=C(O)CNC(=O)OC1CC1. The molecule has 1 aliphatic rings. The molecule has 23 heavy (non-hydrogen) atoms. The van der Waals surface area contributed by atoms with E-state index in [1.54, 1.807) is 0 Å². The zero-order valence-corrected chi connectivity index (χ0v) is 16.4. The molecule has 0 radical (unpaired) electrons. The number of carboxylic acid groups (broad SMARTS) is 1. The van der Waals surface area contributed by atoms with Crippen LogP contribution in [-0.4, -0.2) is 29.8 Å². The smallest absolute Gasteiger partial charge is 0.407 e. The summed E-state index contributed by atoms with van der Waals surface area (Å²) in [5.74, 6) is -0.238. The highest BCUT2D eigenvalue weighted by Gasteiger charge is 2.25. The number of carbonyl (C=O) groups is 2. The van der Waals surface area contributed by atoms with Gasteiger partial charge in [-0.25, -0.2) is 4.79 Å². The summed E-state index contributed by atoms with van der Waals surface area (Å²) in [5.41, 5.74) is 0. The summed E-state index contributed by atoms with van der Waals surface area (Å²) >= 11 is 0. The predicted octanol–water partition coefficient (Wildman–Crippen LogP) is 5.26. The number of rotatable bonds is 4. The Kier molecular flexibility index (Phi) is 32.6. The van der Waals surface area contributed by atoms with Crippen LogP contribution in [0.1, 0.15) is 74.7 Å². The molecule has 5 nitrogen and oxygen atoms in total. The van der Waals surface area contributed by atoms with Gasteiger partial charge in [0.05, 0.1) is 0 Å². The second kappa shape index (κ2) is 25.4. The molecule has 2 N–H and O–H groups in total. The van der Waals surface area contributed by atoms with Crippen LogP contribution < -0.4 is 5.32 Å². The van der Waals surface area contributed by atoms with E-state index in [9.17, 15) is 9.59 Å². The molecular weight excluding hydrogens is 294 g/mol. The van der Waals surface area contributed by atoms with Crippen LogP contribution in [0.4, 0.5) is 4.79 Å². The summed E-state index contributed by atoms with van der Waals surface area (Å²) in [6.07, 6.45) is 4.11. The maximum atomic E-state index is 10.6. The maximum absolute atomic E-state index is 10.6. The molecular formula is C18H39NO4. The van der Waals surface area contributed by atoms with Crippen molar-refractivity contribution in [1.29, 1.82) is 0 Å². The number of alkyl carbamates (subject to hydrolysis) is 1. The lowest BCUT2D eigenvalue weighted by atomic mass is 10.3. The normalized spacial score (nSPS) is 10.7. The molecule has 0 unspecified atom stereocenters. The fourth-order valence-electron chi connectivity index (χ4n) is 0.527. The van der Waals surface area contributed by atoms with Crippen molar-refractivity contribution in [2.75, 3.05) is 6.54 Å². The second-order valence-corrected chi connectivity index (χ2v) is 4.78. The van der Waals surface area contributed by atoms with E-state index in [4.69, 9.17) is 9.84 Å². The number of amides is 1. The zero-order chi connectivity index (χ0) is 19.3. The molecule has 1 amide bonds. The van der Waals surface area contributed by atoms with Crippen molar-refractivity contribution < 1.29 is 19.4 Å². The third-order valence-electron chi connectivity index (χ3n) is 1.47. The molecule has 0 aromatic carbocycles. The minimum atomic E-state index is -1.07. The Labute approximate surface area is 143 Å². The second-order valence-electron chi connectivity index (χ2n) is 4.78. The Morgan fingerprint density at radius 3 is 1.78 bits per heavy atom. The lowest BCUT2D eigenvalue weighted by Crippen LogP contribution is -2.30. The van der Waals surface area contributed by atoms with Gasteiger partial charge < -0.3 is 15.2 Å². The lowest BCUT2D eigenvalue weighted by Gasteiger charge is -2.01. The van der Waals surface area contributed by atoms with E-state index in [-0.39, 0.29) is 12.6 Å². The van der Waals surface area contributed by atoms with Crippen LogP contribution in [0.15, 0.2) is 12.7 Å². The van der Waals surface area contributed by atoms with Gasteiger partial charge in [-0.3, -0.25) is 4.79 Å². The molecule has 0 heterocycles. The van der Waals surface area contributed by atoms with Crippen LogP contribution in [0.25, 0.3) is 0 Å². The highest BCUT2D eigenvalue weighted by molar-refractivity contribution is 5.76. The largest absolute Gasteiger partial charge is 0.480 e. The van der Waals surface area contributed by atoms with E-state index in [1.807, 2.05) is 33.8 Å². The number of allylic oxidation sites excluding steroid dienone is 1. The molecule has 1 rings (SSSR count). The van der Waals surface area contributed by atoms with Crippen molar-refractivity contribution in [3.8, 4) is 0 Å². The van der Waals surface area contributed by atoms with E-state index in [1.165, 1.54) is 0 Å². The van der Waals surface area contributed by atoms with Crippen LogP contribution in [0.2, 0.25) is 0 Å². The van der Waals surface area contributed by atoms with Crippen LogP contribution in [0, 0.1) is 5.92 Å². The molecule has 0 spiro atoms. The van der Waals surface area contributed by atoms with Gasteiger partial charge in [0.25, 0.3) is 0 Å². The first-order valence-electron chi connectivity index (χ1n) is 8.60. The van der Waals surface area contributed by atoms with Crippen molar-refractivity contribution in [3.05, 3.63) is 12.7 Å². The Bertz CT molecular complexity index is 259. The van der Waals surface area contributed by atoms with Gasteiger partial charge >= 0.3 is 12.1 Å². The van der Waals surface area contributed by atoms with Crippen LogP contribution >= 0.6 is 0 Å². The fourth-order valence-corrected chi connectivity index (χ4v) is 0.527. The minimum absolute atomic E-state index is 0.0174. The molecule has 0 aliphatic heterocycles. The van der Waals surface area contributed by atoms with Crippen LogP contribution in [0.3, 0.4) is 0 Å². The van der Waals surface area contributed by atoms with Gasteiger partial charge in [0.1, 0.15) is 12.6 Å². The Balaban J connectivity index is -0.000000126. The Hall–Kier alpha value is -1.52. The first-order chi connectivity index (χ1) is 10.8. The van der Waals surface area contributed by atoms with Gasteiger partial charge in [0.15, 0.2) is 0 Å². The number of carboxylic acids is 1. The van der Waals surface area contributed by atoms with Gasteiger partial charge in [-0.05, 0) is 25.2 Å². The molecule has 140 valence electrons. The number of hydrogen-bond donors (Lipinski definition) is 2. The fraction of sp³-hybridized carbons (Fsp3) is 0.778. The molecule has 5 heteroatoms. The Morgan fingerprint density at radius 1 is 1.22 bits per heavy atom. The summed E-state index contributed by atoms with van der Waals surface area (Å²) in [6, 6.07) is 0. The van der Waals surface area contributed by atoms with Gasteiger partial charge in [-0.2, -0.15) is 0 Å². The quantitative estimate of drug-likeness (QED) is 0.688. The first kappa shape index (κ1) is 29.5. The van der Waals surface area contributed by atoms with Gasteiger partial charge in [0.2, 0.25) is 0 Å². The zero-order valence-electron chi connectivity index (χ0n) is 16.4. The average molecular weight is 334 g/mol. The standard InChI is InChI=1S/C6H9NO4.C4H10.C4H8.2C2H6/c8-5(9)3-7-6(10)11-4-1-2-4;1-4(2)3;1-3-4-2;2*1-2/h4H,1-3H2,(H,7,10)(H,8,9);4H,1-3H3;3H,1,4H2,2H3;2*1-2H3. The van der Waals surface area contributed by atoms with E-state index in [0.717, 1.165) is 25.2 Å². The Morgan fingerprint density at radius 2 is 1.57 bits per heavy atom. The summed E-state index contributed by atoms with van der Waals surface area (Å²) < 4.78 is 4.70. The topological polar surface area (TPSA) is 75.6 Å². The van der Waals surface area contributed by atoms with Crippen molar-refractivity contribution in [1.82, 2.24) is 5.32 Å². The number of nitrogens with one attached hydrogen (secondary N) is 1. The average Bonchev–Trinajstić information content (AvgIpc) is 3.33. The molecule has 1 saturated carbocycles. The molecule has 0 aromatic rings. The highest BCUT2D eigenvalue weighted by atomic mass is 16.6. The summed E-state index contributed by atoms with van der Waals surface area (Å²) in [5, 5.41) is 10.2. The first-order valence-corrected chi connectivity index (χ1v) is 8.60. The van der Waals surface area contributed by atoms with Crippen molar-refractivity contribution in [2.45, 2.75) is 80.8 Å². The molecule has 1 fully saturated rings. The van der Waals surface area contributed by atoms with Gasteiger partial charge in [-0.15, -0.1) is 6.58 Å². The number of carbonyl (C=O) groups excluding carboxylic acids is 1. The number of hydrogen-bond acceptors (Lipinski definition) is 3. The summed E-state index contributed by atoms with van der Waals surface area (Å²) in [6.45, 7) is 19.7. The third kappa shape index (κ3) is 53.1. The maximum Gasteiger partial charge on any atom is 0.407 e.